The molecule has 86 valence electrons. The lowest BCUT2D eigenvalue weighted by molar-refractivity contribution is 0.233. The molecule has 2 nitrogen and oxygen atoms in total. The molecule has 3 atom stereocenters. The van der Waals surface area contributed by atoms with E-state index in [-0.39, 0.29) is 0 Å². The molecule has 1 heterocycles. The Hall–Kier alpha value is -0.0800. The van der Waals surface area contributed by atoms with Gasteiger partial charge in [0.15, 0.2) is 0 Å². The van der Waals surface area contributed by atoms with Crippen molar-refractivity contribution in [1.29, 1.82) is 0 Å². The van der Waals surface area contributed by atoms with Crippen LogP contribution in [0.25, 0.3) is 0 Å². The van der Waals surface area contributed by atoms with Crippen molar-refractivity contribution in [2.24, 2.45) is 11.8 Å². The summed E-state index contributed by atoms with van der Waals surface area (Å²) >= 11 is 0. The van der Waals surface area contributed by atoms with Gasteiger partial charge in [0, 0.05) is 31.7 Å². The Bertz CT molecular complexity index is 213. The molecule has 1 N–H and O–H groups in total. The second kappa shape index (κ2) is 4.06. The van der Waals surface area contributed by atoms with Gasteiger partial charge in [-0.25, -0.2) is 0 Å². The highest BCUT2D eigenvalue weighted by molar-refractivity contribution is 4.91. The van der Waals surface area contributed by atoms with Crippen LogP contribution in [0.4, 0.5) is 0 Å². The molecule has 3 aliphatic rings. The van der Waals surface area contributed by atoms with Gasteiger partial charge in [-0.05, 0) is 44.4 Å². The first-order valence-electron chi connectivity index (χ1n) is 6.80. The minimum Gasteiger partial charge on any atom is -0.312 e. The van der Waals surface area contributed by atoms with Crippen LogP contribution in [0.2, 0.25) is 0 Å². The van der Waals surface area contributed by atoms with Crippen LogP contribution in [-0.4, -0.2) is 36.6 Å². The van der Waals surface area contributed by atoms with Crippen molar-refractivity contribution >= 4 is 0 Å². The molecule has 15 heavy (non-hydrogen) atoms. The molecule has 0 radical (unpaired) electrons. The third-order valence-corrected chi connectivity index (χ3v) is 4.66. The lowest BCUT2D eigenvalue weighted by Gasteiger charge is -2.25. The van der Waals surface area contributed by atoms with Crippen LogP contribution in [0, 0.1) is 11.8 Å². The van der Waals surface area contributed by atoms with Gasteiger partial charge in [0.25, 0.3) is 0 Å². The van der Waals surface area contributed by atoms with Crippen molar-refractivity contribution < 1.29 is 0 Å². The Morgan fingerprint density at radius 3 is 2.40 bits per heavy atom. The van der Waals surface area contributed by atoms with Crippen molar-refractivity contribution in [3.05, 3.63) is 0 Å². The topological polar surface area (TPSA) is 15.3 Å². The van der Waals surface area contributed by atoms with Crippen molar-refractivity contribution in [2.45, 2.75) is 51.1 Å². The van der Waals surface area contributed by atoms with Gasteiger partial charge in [-0.3, -0.25) is 4.90 Å². The summed E-state index contributed by atoms with van der Waals surface area (Å²) in [5.74, 6) is 2.10. The Kier molecular flexibility index (Phi) is 2.73. The van der Waals surface area contributed by atoms with E-state index in [1.54, 1.807) is 0 Å². The van der Waals surface area contributed by atoms with Gasteiger partial charge in [-0.15, -0.1) is 0 Å². The Labute approximate surface area is 93.4 Å². The fourth-order valence-electron chi connectivity index (χ4n) is 3.38. The van der Waals surface area contributed by atoms with Gasteiger partial charge in [0.05, 0.1) is 0 Å². The van der Waals surface area contributed by atoms with Crippen LogP contribution >= 0.6 is 0 Å². The first-order valence-corrected chi connectivity index (χ1v) is 6.80. The summed E-state index contributed by atoms with van der Waals surface area (Å²) in [6, 6.07) is 1.63. The van der Waals surface area contributed by atoms with Crippen molar-refractivity contribution in [2.75, 3.05) is 19.6 Å². The second-order valence-electron chi connectivity index (χ2n) is 5.94. The fourth-order valence-corrected chi connectivity index (χ4v) is 3.38. The quantitative estimate of drug-likeness (QED) is 0.758. The molecule has 2 aliphatic carbocycles. The number of rotatable bonds is 4. The highest BCUT2D eigenvalue weighted by atomic mass is 15.2. The minimum absolute atomic E-state index is 0.760. The highest BCUT2D eigenvalue weighted by Crippen LogP contribution is 2.38. The smallest absolute Gasteiger partial charge is 0.0192 e. The van der Waals surface area contributed by atoms with E-state index in [4.69, 9.17) is 0 Å². The maximum Gasteiger partial charge on any atom is 0.0192 e. The van der Waals surface area contributed by atoms with Gasteiger partial charge in [0.1, 0.15) is 0 Å². The van der Waals surface area contributed by atoms with E-state index in [2.05, 4.69) is 17.1 Å². The minimum atomic E-state index is 0.760. The summed E-state index contributed by atoms with van der Waals surface area (Å²) in [7, 11) is 0. The maximum absolute atomic E-state index is 3.66. The molecule has 3 rings (SSSR count). The number of hydrogen-bond acceptors (Lipinski definition) is 2. The number of nitrogens with one attached hydrogen (secondary N) is 1. The molecule has 0 aromatic heterocycles. The second-order valence-corrected chi connectivity index (χ2v) is 5.94. The van der Waals surface area contributed by atoms with E-state index in [9.17, 15) is 0 Å². The number of nitrogens with zero attached hydrogens (tertiary/aromatic N) is 1. The summed E-state index contributed by atoms with van der Waals surface area (Å²) in [6.07, 6.45) is 7.34. The number of hydrogen-bond donors (Lipinski definition) is 1. The Balaban J connectivity index is 1.45. The van der Waals surface area contributed by atoms with E-state index in [1.165, 1.54) is 51.7 Å². The standard InChI is InChI=1S/C13H24N2/c1-10(7-14-13-5-6-13)15-8-11-3-2-4-12(11)9-15/h10-14H,2-9H2,1H3. The summed E-state index contributed by atoms with van der Waals surface area (Å²) in [4.78, 5) is 2.73. The number of likely N-dealkylation sites (tertiary alicyclic amines) is 1. The van der Waals surface area contributed by atoms with Crippen LogP contribution in [0.1, 0.15) is 39.0 Å². The van der Waals surface area contributed by atoms with Crippen molar-refractivity contribution in [3.63, 3.8) is 0 Å². The normalized spacial score (nSPS) is 38.2. The Morgan fingerprint density at radius 1 is 1.13 bits per heavy atom. The van der Waals surface area contributed by atoms with E-state index in [0.29, 0.717) is 0 Å². The lowest BCUT2D eigenvalue weighted by Crippen LogP contribution is -2.40. The zero-order valence-electron chi connectivity index (χ0n) is 9.91. The molecule has 0 aromatic rings. The summed E-state index contributed by atoms with van der Waals surface area (Å²) < 4.78 is 0. The third kappa shape index (κ3) is 2.21. The molecule has 1 aliphatic heterocycles. The van der Waals surface area contributed by atoms with Crippen LogP contribution < -0.4 is 5.32 Å². The lowest BCUT2D eigenvalue weighted by atomic mass is 10.0. The SMILES string of the molecule is CC(CNC1CC1)N1CC2CCCC2C1. The first kappa shape index (κ1) is 10.1. The molecule has 2 saturated carbocycles. The summed E-state index contributed by atoms with van der Waals surface area (Å²) in [6.45, 7) is 6.39. The van der Waals surface area contributed by atoms with Crippen molar-refractivity contribution in [3.8, 4) is 0 Å². The van der Waals surface area contributed by atoms with E-state index in [0.717, 1.165) is 23.9 Å². The molecule has 3 fully saturated rings. The largest absolute Gasteiger partial charge is 0.312 e. The van der Waals surface area contributed by atoms with Crippen molar-refractivity contribution in [1.82, 2.24) is 10.2 Å². The average molecular weight is 208 g/mol. The monoisotopic (exact) mass is 208 g/mol. The molecule has 0 bridgehead atoms. The molecule has 2 heteroatoms. The van der Waals surface area contributed by atoms with Gasteiger partial charge in [-0.1, -0.05) is 6.42 Å². The summed E-state index contributed by atoms with van der Waals surface area (Å²) in [5, 5.41) is 3.66. The van der Waals surface area contributed by atoms with E-state index in [1.807, 2.05) is 0 Å². The summed E-state index contributed by atoms with van der Waals surface area (Å²) in [5.41, 5.74) is 0. The predicted octanol–water partition coefficient (Wildman–Crippen LogP) is 1.86. The fraction of sp³-hybridized carbons (Fsp3) is 1.00. The molecule has 0 spiro atoms. The van der Waals surface area contributed by atoms with Gasteiger partial charge < -0.3 is 5.32 Å². The molecule has 0 amide bonds. The average Bonchev–Trinajstić information content (AvgIpc) is 2.79. The van der Waals surface area contributed by atoms with Gasteiger partial charge >= 0.3 is 0 Å². The predicted molar refractivity (Wildman–Crippen MR) is 62.9 cm³/mol. The third-order valence-electron chi connectivity index (χ3n) is 4.66. The molecular formula is C13H24N2. The number of fused-ring (bicyclic) bond motifs is 1. The van der Waals surface area contributed by atoms with Crippen LogP contribution in [0.5, 0.6) is 0 Å². The zero-order valence-corrected chi connectivity index (χ0v) is 9.91. The van der Waals surface area contributed by atoms with E-state index < -0.39 is 0 Å². The van der Waals surface area contributed by atoms with Crippen LogP contribution in [-0.2, 0) is 0 Å². The highest BCUT2D eigenvalue weighted by Gasteiger charge is 2.37. The first-order chi connectivity index (χ1) is 7.33. The van der Waals surface area contributed by atoms with Gasteiger partial charge in [0.2, 0.25) is 0 Å². The molecule has 3 unspecified atom stereocenters. The molecule has 0 aromatic carbocycles. The van der Waals surface area contributed by atoms with Gasteiger partial charge in [-0.2, -0.15) is 0 Å². The van der Waals surface area contributed by atoms with Crippen LogP contribution in [0.15, 0.2) is 0 Å². The molecular weight excluding hydrogens is 184 g/mol. The Morgan fingerprint density at radius 2 is 1.80 bits per heavy atom. The maximum atomic E-state index is 3.66. The van der Waals surface area contributed by atoms with E-state index >= 15 is 0 Å². The zero-order chi connectivity index (χ0) is 10.3. The molecule has 1 saturated heterocycles. The van der Waals surface area contributed by atoms with Crippen LogP contribution in [0.3, 0.4) is 0 Å².